The summed E-state index contributed by atoms with van der Waals surface area (Å²) in [4.78, 5) is 25.7. The third-order valence-corrected chi connectivity index (χ3v) is 5.61. The number of hydrogen-bond acceptors (Lipinski definition) is 7. The fraction of sp³-hybridized carbons (Fsp3) is 0.130. The maximum absolute atomic E-state index is 13.0. The Bertz CT molecular complexity index is 1610. The smallest absolute Gasteiger partial charge is 0.251 e. The number of nitrogens with zero attached hydrogens (tertiary/aromatic N) is 7. The molecule has 0 saturated heterocycles. The highest BCUT2D eigenvalue weighted by molar-refractivity contribution is 6.31. The molecule has 0 fully saturated rings. The van der Waals surface area contributed by atoms with Crippen LogP contribution >= 0.6 is 11.6 Å². The number of amides is 1. The number of aryl methyl sites for hydroxylation is 1. The van der Waals surface area contributed by atoms with E-state index in [9.17, 15) is 9.59 Å². The van der Waals surface area contributed by atoms with E-state index in [1.165, 1.54) is 34.9 Å². The minimum absolute atomic E-state index is 0.198. The monoisotopic (exact) mass is 490 g/mol. The molecule has 0 radical (unpaired) electrons. The number of rotatable bonds is 6. The molecule has 0 bridgehead atoms. The number of aromatic nitrogens is 7. The van der Waals surface area contributed by atoms with Gasteiger partial charge in [-0.05, 0) is 46.8 Å². The summed E-state index contributed by atoms with van der Waals surface area (Å²) >= 11 is 6.24. The first-order chi connectivity index (χ1) is 16.9. The van der Waals surface area contributed by atoms with Crippen molar-refractivity contribution in [2.75, 3.05) is 12.4 Å². The lowest BCUT2D eigenvalue weighted by molar-refractivity contribution is -0.116. The van der Waals surface area contributed by atoms with Gasteiger partial charge in [-0.3, -0.25) is 14.3 Å². The first kappa shape index (κ1) is 22.3. The summed E-state index contributed by atoms with van der Waals surface area (Å²) in [5.74, 6) is 0.0213. The molecule has 2 aromatic carbocycles. The van der Waals surface area contributed by atoms with Crippen molar-refractivity contribution in [2.24, 2.45) is 7.05 Å². The van der Waals surface area contributed by atoms with Gasteiger partial charge in [0.05, 0.1) is 24.5 Å². The fourth-order valence-electron chi connectivity index (χ4n) is 3.83. The van der Waals surface area contributed by atoms with Crippen molar-refractivity contribution in [3.8, 4) is 22.6 Å². The maximum Gasteiger partial charge on any atom is 0.251 e. The number of fused-ring (bicyclic) bond motifs is 1. The minimum atomic E-state index is -0.388. The van der Waals surface area contributed by atoms with Gasteiger partial charge in [0.15, 0.2) is 0 Å². The first-order valence-electron chi connectivity index (χ1n) is 10.5. The van der Waals surface area contributed by atoms with Crippen LogP contribution in [-0.2, 0) is 18.4 Å². The van der Waals surface area contributed by atoms with E-state index in [2.05, 4.69) is 25.9 Å². The van der Waals surface area contributed by atoms with Gasteiger partial charge < -0.3 is 14.6 Å². The van der Waals surface area contributed by atoms with Crippen LogP contribution in [0, 0.1) is 0 Å². The Kier molecular flexibility index (Phi) is 5.75. The lowest BCUT2D eigenvalue weighted by Gasteiger charge is -2.15. The maximum atomic E-state index is 13.0. The highest BCUT2D eigenvalue weighted by Gasteiger charge is 2.17. The molecular formula is C23H19ClN8O3. The minimum Gasteiger partial charge on any atom is -0.495 e. The molecule has 0 unspecified atom stereocenters. The molecule has 176 valence electrons. The highest BCUT2D eigenvalue weighted by atomic mass is 35.5. The van der Waals surface area contributed by atoms with Gasteiger partial charge in [0.2, 0.25) is 5.91 Å². The zero-order valence-electron chi connectivity index (χ0n) is 18.7. The number of ether oxygens (including phenoxy) is 1. The van der Waals surface area contributed by atoms with Crippen LogP contribution in [0.25, 0.3) is 27.7 Å². The Hall–Kier alpha value is -4.51. The summed E-state index contributed by atoms with van der Waals surface area (Å²) in [6.45, 7) is -0.198. The van der Waals surface area contributed by atoms with E-state index < -0.39 is 0 Å². The van der Waals surface area contributed by atoms with E-state index in [-0.39, 0.29) is 18.0 Å². The number of nitrogens with one attached hydrogen (secondary N) is 1. The Morgan fingerprint density at radius 3 is 2.74 bits per heavy atom. The Morgan fingerprint density at radius 1 is 1.11 bits per heavy atom. The van der Waals surface area contributed by atoms with Gasteiger partial charge in [-0.2, -0.15) is 9.78 Å². The van der Waals surface area contributed by atoms with Gasteiger partial charge in [0, 0.05) is 46.5 Å². The number of halogens is 1. The molecule has 0 aliphatic carbocycles. The lowest BCUT2D eigenvalue weighted by Crippen LogP contribution is -2.27. The number of carbonyl (C=O) groups is 1. The highest BCUT2D eigenvalue weighted by Crippen LogP contribution is 2.34. The van der Waals surface area contributed by atoms with Gasteiger partial charge >= 0.3 is 0 Å². The second-order valence-electron chi connectivity index (χ2n) is 7.76. The summed E-state index contributed by atoms with van der Waals surface area (Å²) in [6.07, 6.45) is 4.79. The summed E-state index contributed by atoms with van der Waals surface area (Å²) in [5, 5.41) is 19.8. The van der Waals surface area contributed by atoms with Gasteiger partial charge in [-0.1, -0.05) is 11.6 Å². The van der Waals surface area contributed by atoms with E-state index in [1.54, 1.807) is 28.9 Å². The first-order valence-corrected chi connectivity index (χ1v) is 10.8. The van der Waals surface area contributed by atoms with Crippen LogP contribution in [0.5, 0.6) is 5.75 Å². The molecule has 1 amide bonds. The molecule has 3 aromatic heterocycles. The molecule has 0 saturated carbocycles. The van der Waals surface area contributed by atoms with Crippen LogP contribution in [0.2, 0.25) is 5.02 Å². The van der Waals surface area contributed by atoms with Crippen molar-refractivity contribution in [3.63, 3.8) is 0 Å². The molecular weight excluding hydrogens is 472 g/mol. The van der Waals surface area contributed by atoms with Gasteiger partial charge in [0.25, 0.3) is 5.56 Å². The van der Waals surface area contributed by atoms with Crippen molar-refractivity contribution in [1.82, 2.24) is 34.6 Å². The summed E-state index contributed by atoms with van der Waals surface area (Å²) < 4.78 is 10.00. The molecule has 12 heteroatoms. The number of benzene rings is 2. The molecule has 0 aliphatic heterocycles. The van der Waals surface area contributed by atoms with E-state index in [1.807, 2.05) is 25.4 Å². The van der Waals surface area contributed by atoms with Crippen LogP contribution < -0.4 is 15.6 Å². The number of tetrazole rings is 1. The van der Waals surface area contributed by atoms with Crippen LogP contribution in [0.4, 0.5) is 5.69 Å². The number of carbonyl (C=O) groups excluding carboxylic acids is 1. The van der Waals surface area contributed by atoms with E-state index in [0.717, 1.165) is 10.9 Å². The van der Waals surface area contributed by atoms with E-state index in [4.69, 9.17) is 16.3 Å². The Labute approximate surface area is 203 Å². The fourth-order valence-corrected chi connectivity index (χ4v) is 4.00. The molecule has 1 N–H and O–H groups in total. The topological polar surface area (TPSA) is 122 Å². The van der Waals surface area contributed by atoms with Crippen molar-refractivity contribution >= 4 is 34.1 Å². The predicted octanol–water partition coefficient (Wildman–Crippen LogP) is 2.68. The van der Waals surface area contributed by atoms with Crippen LogP contribution in [-0.4, -0.2) is 47.6 Å². The van der Waals surface area contributed by atoms with Crippen LogP contribution in [0.15, 0.2) is 66.0 Å². The molecule has 35 heavy (non-hydrogen) atoms. The normalized spacial score (nSPS) is 11.1. The zero-order valence-corrected chi connectivity index (χ0v) is 19.5. The van der Waals surface area contributed by atoms with Crippen molar-refractivity contribution in [2.45, 2.75) is 6.54 Å². The number of anilines is 1. The van der Waals surface area contributed by atoms with E-state index in [0.29, 0.717) is 33.3 Å². The third-order valence-electron chi connectivity index (χ3n) is 5.37. The SMILES string of the molecule is COc1cn(CC(=O)Nc2ccc3nn(C)cc3c2)c(=O)cc1-c1cc(Cl)ccc1-n1cnnn1. The molecule has 3 heterocycles. The Balaban J connectivity index is 1.45. The summed E-state index contributed by atoms with van der Waals surface area (Å²) in [6, 6.07) is 11.9. The summed E-state index contributed by atoms with van der Waals surface area (Å²) in [7, 11) is 3.31. The van der Waals surface area contributed by atoms with Crippen molar-refractivity contribution in [1.29, 1.82) is 0 Å². The van der Waals surface area contributed by atoms with Crippen molar-refractivity contribution in [3.05, 3.63) is 76.6 Å². The Morgan fingerprint density at radius 2 is 1.97 bits per heavy atom. The number of pyridine rings is 1. The molecule has 0 aliphatic rings. The zero-order chi connectivity index (χ0) is 24.5. The molecule has 5 rings (SSSR count). The molecule has 11 nitrogen and oxygen atoms in total. The van der Waals surface area contributed by atoms with Crippen molar-refractivity contribution < 1.29 is 9.53 Å². The number of methoxy groups -OCH3 is 1. The largest absolute Gasteiger partial charge is 0.495 e. The average Bonchev–Trinajstić information content (AvgIpc) is 3.49. The second kappa shape index (κ2) is 9.03. The quantitative estimate of drug-likeness (QED) is 0.388. The number of hydrogen-bond donors (Lipinski definition) is 1. The standard InChI is InChI=1S/C23H19ClN8O3/c1-30-10-14-7-16(4-5-19(14)27-30)26-22(33)12-31-11-21(35-2)18(9-23(31)34)17-8-15(24)3-6-20(17)32-13-25-28-29-32/h3-11,13H,12H2,1-2H3,(H,26,33). The average molecular weight is 491 g/mol. The second-order valence-corrected chi connectivity index (χ2v) is 8.20. The predicted molar refractivity (Wildman–Crippen MR) is 130 cm³/mol. The van der Waals surface area contributed by atoms with E-state index >= 15 is 0 Å². The van der Waals surface area contributed by atoms with Gasteiger partial charge in [0.1, 0.15) is 18.6 Å². The van der Waals surface area contributed by atoms with Crippen LogP contribution in [0.1, 0.15) is 0 Å². The molecule has 0 spiro atoms. The van der Waals surface area contributed by atoms with Gasteiger partial charge in [-0.25, -0.2) is 0 Å². The molecule has 5 aromatic rings. The molecule has 0 atom stereocenters. The van der Waals surface area contributed by atoms with Crippen LogP contribution in [0.3, 0.4) is 0 Å². The lowest BCUT2D eigenvalue weighted by atomic mass is 10.0. The van der Waals surface area contributed by atoms with Gasteiger partial charge in [-0.15, -0.1) is 5.10 Å². The third kappa shape index (κ3) is 4.49. The summed E-state index contributed by atoms with van der Waals surface area (Å²) in [5.41, 5.74) is 2.74.